The molecule has 1 unspecified atom stereocenters. The minimum absolute atomic E-state index is 0.0770. The highest BCUT2D eigenvalue weighted by Crippen LogP contribution is 2.23. The van der Waals surface area contributed by atoms with E-state index in [1.807, 2.05) is 0 Å². The van der Waals surface area contributed by atoms with Crippen LogP contribution in [0, 0.1) is 0 Å². The van der Waals surface area contributed by atoms with E-state index in [1.54, 1.807) is 11.7 Å². The maximum Gasteiger partial charge on any atom is 0.359 e. The first-order valence-corrected chi connectivity index (χ1v) is 8.62. The zero-order valence-electron chi connectivity index (χ0n) is 13.9. The van der Waals surface area contributed by atoms with Gasteiger partial charge in [-0.15, -0.1) is 5.10 Å². The van der Waals surface area contributed by atoms with Gasteiger partial charge in [-0.2, -0.15) is 0 Å². The lowest BCUT2D eigenvalue weighted by molar-refractivity contribution is -0.169. The molecule has 25 heavy (non-hydrogen) atoms. The predicted octanol–water partition coefficient (Wildman–Crippen LogP) is 1.86. The number of ether oxygens (including phenoxy) is 3. The Balaban J connectivity index is 1.84. The number of esters is 1. The maximum atomic E-state index is 11.8. The molecule has 1 aliphatic rings. The minimum Gasteiger partial charge on any atom is -0.464 e. The van der Waals surface area contributed by atoms with Gasteiger partial charge in [-0.25, -0.2) is 19.4 Å². The number of carbonyl (C=O) groups is 1. The van der Waals surface area contributed by atoms with Crippen LogP contribution < -0.4 is 0 Å². The molecule has 3 rings (SSSR count). The first-order chi connectivity index (χ1) is 12.1. The molecule has 0 aliphatic carbocycles. The summed E-state index contributed by atoms with van der Waals surface area (Å²) in [6, 6.07) is 0. The summed E-state index contributed by atoms with van der Waals surface area (Å²) in [6.07, 6.45) is 4.30. The van der Waals surface area contributed by atoms with E-state index in [0.717, 1.165) is 25.0 Å². The van der Waals surface area contributed by atoms with Crippen molar-refractivity contribution in [3.05, 3.63) is 22.2 Å². The molecule has 0 aromatic carbocycles. The molecule has 2 aromatic heterocycles. The SMILES string of the molecule is COC(=O)c1nc(-c2nnn(C)c2COC2CCCCO2)cnc1Br. The van der Waals surface area contributed by atoms with Crippen molar-refractivity contribution in [2.75, 3.05) is 13.7 Å². The lowest BCUT2D eigenvalue weighted by atomic mass is 10.2. The normalized spacial score (nSPS) is 17.5. The molecule has 1 saturated heterocycles. The van der Waals surface area contributed by atoms with Crippen LogP contribution in [-0.4, -0.2) is 50.9 Å². The van der Waals surface area contributed by atoms with Crippen molar-refractivity contribution in [3.63, 3.8) is 0 Å². The van der Waals surface area contributed by atoms with E-state index >= 15 is 0 Å². The van der Waals surface area contributed by atoms with Crippen LogP contribution >= 0.6 is 15.9 Å². The Morgan fingerprint density at radius 2 is 2.32 bits per heavy atom. The van der Waals surface area contributed by atoms with Crippen LogP contribution in [0.15, 0.2) is 10.8 Å². The number of carbonyl (C=O) groups excluding carboxylic acids is 1. The fraction of sp³-hybridized carbons (Fsp3) is 0.533. The lowest BCUT2D eigenvalue weighted by Crippen LogP contribution is -2.22. The van der Waals surface area contributed by atoms with Crippen molar-refractivity contribution >= 4 is 21.9 Å². The number of nitrogens with zero attached hydrogens (tertiary/aromatic N) is 5. The van der Waals surface area contributed by atoms with Crippen LogP contribution in [0.4, 0.5) is 0 Å². The molecular formula is C15H18BrN5O4. The summed E-state index contributed by atoms with van der Waals surface area (Å²) >= 11 is 3.19. The largest absolute Gasteiger partial charge is 0.464 e. The minimum atomic E-state index is -0.585. The number of methoxy groups -OCH3 is 1. The molecule has 0 radical (unpaired) electrons. The Kier molecular flexibility index (Phi) is 5.71. The van der Waals surface area contributed by atoms with Crippen molar-refractivity contribution in [1.29, 1.82) is 0 Å². The predicted molar refractivity (Wildman–Crippen MR) is 89.4 cm³/mol. The van der Waals surface area contributed by atoms with Gasteiger partial charge in [0.1, 0.15) is 16.0 Å². The van der Waals surface area contributed by atoms with Gasteiger partial charge < -0.3 is 14.2 Å². The lowest BCUT2D eigenvalue weighted by Gasteiger charge is -2.22. The topological polar surface area (TPSA) is 101 Å². The molecule has 0 spiro atoms. The molecule has 3 heterocycles. The first kappa shape index (κ1) is 17.9. The first-order valence-electron chi connectivity index (χ1n) is 7.83. The number of rotatable bonds is 5. The fourth-order valence-electron chi connectivity index (χ4n) is 2.47. The fourth-order valence-corrected chi connectivity index (χ4v) is 2.82. The molecular weight excluding hydrogens is 394 g/mol. The van der Waals surface area contributed by atoms with Crippen LogP contribution in [0.1, 0.15) is 35.4 Å². The van der Waals surface area contributed by atoms with E-state index in [4.69, 9.17) is 14.2 Å². The molecule has 2 aromatic rings. The van der Waals surface area contributed by atoms with Crippen molar-refractivity contribution in [3.8, 4) is 11.4 Å². The van der Waals surface area contributed by atoms with Gasteiger partial charge in [-0.05, 0) is 35.2 Å². The maximum absolute atomic E-state index is 11.8. The molecule has 10 heteroatoms. The van der Waals surface area contributed by atoms with Crippen LogP contribution in [0.5, 0.6) is 0 Å². The third-order valence-corrected chi connectivity index (χ3v) is 4.42. The Labute approximate surface area is 152 Å². The van der Waals surface area contributed by atoms with Crippen LogP contribution in [0.2, 0.25) is 0 Å². The standard InChI is InChI=1S/C15H18BrN5O4/c1-21-10(8-25-11-5-3-4-6-24-11)12(19-20-21)9-7-17-14(16)13(18-9)15(22)23-2/h7,11H,3-6,8H2,1-2H3. The van der Waals surface area contributed by atoms with Gasteiger partial charge in [0.25, 0.3) is 0 Å². The zero-order valence-corrected chi connectivity index (χ0v) is 15.5. The van der Waals surface area contributed by atoms with Crippen molar-refractivity contribution in [1.82, 2.24) is 25.0 Å². The second-order valence-electron chi connectivity index (χ2n) is 5.50. The number of aromatic nitrogens is 5. The zero-order chi connectivity index (χ0) is 17.8. The van der Waals surface area contributed by atoms with E-state index in [1.165, 1.54) is 13.3 Å². The molecule has 0 bridgehead atoms. The summed E-state index contributed by atoms with van der Waals surface area (Å²) in [4.78, 5) is 20.2. The highest BCUT2D eigenvalue weighted by Gasteiger charge is 2.21. The van der Waals surface area contributed by atoms with Crippen LogP contribution in [0.3, 0.4) is 0 Å². The monoisotopic (exact) mass is 411 g/mol. The Bertz CT molecular complexity index is 760. The Morgan fingerprint density at radius 1 is 1.48 bits per heavy atom. The molecule has 0 N–H and O–H groups in total. The van der Waals surface area contributed by atoms with Gasteiger partial charge in [0.05, 0.1) is 25.6 Å². The molecule has 0 saturated carbocycles. The van der Waals surface area contributed by atoms with E-state index in [9.17, 15) is 4.79 Å². The summed E-state index contributed by atoms with van der Waals surface area (Å²) < 4.78 is 18.0. The van der Waals surface area contributed by atoms with Gasteiger partial charge >= 0.3 is 5.97 Å². The summed E-state index contributed by atoms with van der Waals surface area (Å²) in [5, 5.41) is 8.15. The van der Waals surface area contributed by atoms with E-state index in [-0.39, 0.29) is 18.6 Å². The molecule has 1 aliphatic heterocycles. The van der Waals surface area contributed by atoms with Gasteiger partial charge in [0, 0.05) is 13.7 Å². The number of hydrogen-bond acceptors (Lipinski definition) is 8. The number of halogens is 1. The van der Waals surface area contributed by atoms with Gasteiger partial charge in [-0.1, -0.05) is 5.21 Å². The molecule has 134 valence electrons. The summed E-state index contributed by atoms with van der Waals surface area (Å²) in [5.74, 6) is -0.585. The van der Waals surface area contributed by atoms with E-state index in [2.05, 4.69) is 36.2 Å². The second kappa shape index (κ2) is 7.98. The molecule has 9 nitrogen and oxygen atoms in total. The Hall–Kier alpha value is -1.91. The van der Waals surface area contributed by atoms with Gasteiger partial charge in [0.2, 0.25) is 0 Å². The molecule has 0 amide bonds. The summed E-state index contributed by atoms with van der Waals surface area (Å²) in [7, 11) is 3.05. The van der Waals surface area contributed by atoms with E-state index in [0.29, 0.717) is 22.6 Å². The van der Waals surface area contributed by atoms with Crippen LogP contribution in [0.25, 0.3) is 11.4 Å². The van der Waals surface area contributed by atoms with Crippen molar-refractivity contribution in [2.24, 2.45) is 7.05 Å². The highest BCUT2D eigenvalue weighted by atomic mass is 79.9. The van der Waals surface area contributed by atoms with Crippen molar-refractivity contribution in [2.45, 2.75) is 32.2 Å². The van der Waals surface area contributed by atoms with Gasteiger partial charge in [0.15, 0.2) is 12.0 Å². The molecule has 1 atom stereocenters. The third-order valence-electron chi connectivity index (χ3n) is 3.84. The number of hydrogen-bond donors (Lipinski definition) is 0. The summed E-state index contributed by atoms with van der Waals surface area (Å²) in [5.41, 5.74) is 1.72. The average molecular weight is 412 g/mol. The average Bonchev–Trinajstić information content (AvgIpc) is 3.01. The third kappa shape index (κ3) is 4.02. The Morgan fingerprint density at radius 3 is 3.04 bits per heavy atom. The molecule has 1 fully saturated rings. The van der Waals surface area contributed by atoms with E-state index < -0.39 is 5.97 Å². The van der Waals surface area contributed by atoms with Crippen LogP contribution in [-0.2, 0) is 27.9 Å². The highest BCUT2D eigenvalue weighted by molar-refractivity contribution is 9.10. The smallest absolute Gasteiger partial charge is 0.359 e. The van der Waals surface area contributed by atoms with Crippen molar-refractivity contribution < 1.29 is 19.0 Å². The number of aryl methyl sites for hydroxylation is 1. The second-order valence-corrected chi connectivity index (χ2v) is 6.25. The van der Waals surface area contributed by atoms with Gasteiger partial charge in [-0.3, -0.25) is 0 Å². The quantitative estimate of drug-likeness (QED) is 0.686. The summed E-state index contributed by atoms with van der Waals surface area (Å²) in [6.45, 7) is 0.983.